The van der Waals surface area contributed by atoms with Gasteiger partial charge in [0.15, 0.2) is 0 Å². The average molecular weight is 302 g/mol. The molecule has 1 aromatic heterocycles. The van der Waals surface area contributed by atoms with Gasteiger partial charge < -0.3 is 5.73 Å². The first-order valence-corrected chi connectivity index (χ1v) is 6.83. The lowest BCUT2D eigenvalue weighted by atomic mass is 10.1. The molecular formula is C16H13ClFN3. The Morgan fingerprint density at radius 1 is 1.05 bits per heavy atom. The minimum atomic E-state index is -0.271. The normalized spacial score (nSPS) is 10.8. The minimum absolute atomic E-state index is 0.271. The van der Waals surface area contributed by atoms with Gasteiger partial charge in [0.2, 0.25) is 0 Å². The zero-order chi connectivity index (χ0) is 14.8. The van der Waals surface area contributed by atoms with Crippen LogP contribution in [0, 0.1) is 5.82 Å². The molecule has 21 heavy (non-hydrogen) atoms. The summed E-state index contributed by atoms with van der Waals surface area (Å²) >= 11 is 5.87. The van der Waals surface area contributed by atoms with Crippen molar-refractivity contribution < 1.29 is 4.39 Å². The van der Waals surface area contributed by atoms with Crippen molar-refractivity contribution in [3.05, 3.63) is 71.0 Å². The van der Waals surface area contributed by atoms with Crippen molar-refractivity contribution in [3.8, 4) is 11.3 Å². The van der Waals surface area contributed by atoms with E-state index in [1.165, 1.54) is 12.1 Å². The van der Waals surface area contributed by atoms with Crippen LogP contribution in [0.1, 0.15) is 5.56 Å². The predicted octanol–water partition coefficient (Wildman–Crippen LogP) is 3.97. The lowest BCUT2D eigenvalue weighted by Gasteiger charge is -2.04. The SMILES string of the molecule is Nc1cc(-c2ccc(F)cc2)nn1Cc1ccc(Cl)cc1. The van der Waals surface area contributed by atoms with Crippen LogP contribution in [0.3, 0.4) is 0 Å². The van der Waals surface area contributed by atoms with E-state index in [0.29, 0.717) is 17.4 Å². The molecule has 0 atom stereocenters. The highest BCUT2D eigenvalue weighted by Crippen LogP contribution is 2.21. The van der Waals surface area contributed by atoms with E-state index in [-0.39, 0.29) is 5.82 Å². The highest BCUT2D eigenvalue weighted by atomic mass is 35.5. The van der Waals surface area contributed by atoms with Crippen molar-refractivity contribution in [2.45, 2.75) is 6.54 Å². The fourth-order valence-electron chi connectivity index (χ4n) is 2.08. The topological polar surface area (TPSA) is 43.8 Å². The molecule has 106 valence electrons. The molecule has 0 aliphatic heterocycles. The van der Waals surface area contributed by atoms with Crippen LogP contribution in [0.15, 0.2) is 54.6 Å². The molecule has 3 aromatic rings. The molecule has 3 nitrogen and oxygen atoms in total. The van der Waals surface area contributed by atoms with E-state index in [2.05, 4.69) is 5.10 Å². The van der Waals surface area contributed by atoms with E-state index >= 15 is 0 Å². The first-order chi connectivity index (χ1) is 10.1. The van der Waals surface area contributed by atoms with Crippen molar-refractivity contribution in [3.63, 3.8) is 0 Å². The molecule has 0 fully saturated rings. The molecule has 5 heteroatoms. The first-order valence-electron chi connectivity index (χ1n) is 6.45. The third-order valence-corrected chi connectivity index (χ3v) is 3.45. The summed E-state index contributed by atoms with van der Waals surface area (Å²) in [7, 11) is 0. The van der Waals surface area contributed by atoms with Gasteiger partial charge in [-0.3, -0.25) is 0 Å². The maximum absolute atomic E-state index is 12.9. The van der Waals surface area contributed by atoms with Gasteiger partial charge >= 0.3 is 0 Å². The van der Waals surface area contributed by atoms with Gasteiger partial charge in [0, 0.05) is 16.7 Å². The molecule has 0 saturated carbocycles. The smallest absolute Gasteiger partial charge is 0.123 e. The Morgan fingerprint density at radius 3 is 2.38 bits per heavy atom. The number of rotatable bonds is 3. The number of anilines is 1. The van der Waals surface area contributed by atoms with Crippen molar-refractivity contribution in [1.82, 2.24) is 9.78 Å². The molecule has 0 saturated heterocycles. The number of benzene rings is 2. The molecule has 0 spiro atoms. The van der Waals surface area contributed by atoms with Gasteiger partial charge in [-0.25, -0.2) is 9.07 Å². The molecule has 0 amide bonds. The number of halogens is 2. The summed E-state index contributed by atoms with van der Waals surface area (Å²) in [5.74, 6) is 0.289. The number of nitrogens with two attached hydrogens (primary N) is 1. The Kier molecular flexibility index (Phi) is 3.62. The van der Waals surface area contributed by atoms with Gasteiger partial charge in [-0.2, -0.15) is 5.10 Å². The molecule has 0 aliphatic rings. The number of aromatic nitrogens is 2. The zero-order valence-electron chi connectivity index (χ0n) is 11.1. The average Bonchev–Trinajstić information content (AvgIpc) is 2.83. The molecule has 2 aromatic carbocycles. The molecule has 3 rings (SSSR count). The minimum Gasteiger partial charge on any atom is -0.384 e. The van der Waals surface area contributed by atoms with Gasteiger partial charge in [0.25, 0.3) is 0 Å². The van der Waals surface area contributed by atoms with Crippen LogP contribution >= 0.6 is 11.6 Å². The highest BCUT2D eigenvalue weighted by Gasteiger charge is 2.08. The number of hydrogen-bond acceptors (Lipinski definition) is 2. The van der Waals surface area contributed by atoms with Gasteiger partial charge in [-0.15, -0.1) is 0 Å². The Labute approximate surface area is 126 Å². The lowest BCUT2D eigenvalue weighted by Crippen LogP contribution is -2.05. The molecular weight excluding hydrogens is 289 g/mol. The standard InChI is InChI=1S/C16H13ClFN3/c17-13-5-1-11(2-6-13)10-21-16(19)9-15(20-21)12-3-7-14(18)8-4-12/h1-9H,10,19H2. The zero-order valence-corrected chi connectivity index (χ0v) is 11.9. The molecule has 0 radical (unpaired) electrons. The number of hydrogen-bond donors (Lipinski definition) is 1. The van der Waals surface area contributed by atoms with E-state index in [9.17, 15) is 4.39 Å². The van der Waals surface area contributed by atoms with Crippen LogP contribution in [0.5, 0.6) is 0 Å². The Bertz CT molecular complexity index is 748. The Hall–Kier alpha value is -2.33. The second-order valence-electron chi connectivity index (χ2n) is 4.75. The second kappa shape index (κ2) is 5.58. The quantitative estimate of drug-likeness (QED) is 0.795. The van der Waals surface area contributed by atoms with Gasteiger partial charge in [-0.05, 0) is 42.0 Å². The summed E-state index contributed by atoms with van der Waals surface area (Å²) in [6, 6.07) is 15.5. The first kappa shape index (κ1) is 13.6. The third-order valence-electron chi connectivity index (χ3n) is 3.20. The van der Waals surface area contributed by atoms with E-state index < -0.39 is 0 Å². The lowest BCUT2D eigenvalue weighted by molar-refractivity contribution is 0.628. The third kappa shape index (κ3) is 3.06. The van der Waals surface area contributed by atoms with Crippen molar-refractivity contribution in [2.24, 2.45) is 0 Å². The maximum Gasteiger partial charge on any atom is 0.123 e. The molecule has 0 unspecified atom stereocenters. The second-order valence-corrected chi connectivity index (χ2v) is 5.18. The summed E-state index contributed by atoms with van der Waals surface area (Å²) in [4.78, 5) is 0. The number of nitrogen functional groups attached to an aromatic ring is 1. The Balaban J connectivity index is 1.87. The maximum atomic E-state index is 12.9. The fraction of sp³-hybridized carbons (Fsp3) is 0.0625. The van der Waals surface area contributed by atoms with E-state index in [0.717, 1.165) is 16.8 Å². The molecule has 2 N–H and O–H groups in total. The van der Waals surface area contributed by atoms with Crippen LogP contribution in [0.25, 0.3) is 11.3 Å². The van der Waals surface area contributed by atoms with E-state index in [1.807, 2.05) is 24.3 Å². The van der Waals surface area contributed by atoms with E-state index in [1.54, 1.807) is 22.9 Å². The van der Waals surface area contributed by atoms with Gasteiger partial charge in [0.1, 0.15) is 11.6 Å². The van der Waals surface area contributed by atoms with Crippen LogP contribution in [-0.4, -0.2) is 9.78 Å². The predicted molar refractivity (Wildman–Crippen MR) is 82.6 cm³/mol. The fourth-order valence-corrected chi connectivity index (χ4v) is 2.21. The summed E-state index contributed by atoms with van der Waals surface area (Å²) in [6.07, 6.45) is 0. The Morgan fingerprint density at radius 2 is 1.71 bits per heavy atom. The van der Waals surface area contributed by atoms with Gasteiger partial charge in [-0.1, -0.05) is 23.7 Å². The molecule has 0 aliphatic carbocycles. The van der Waals surface area contributed by atoms with Crippen molar-refractivity contribution >= 4 is 17.4 Å². The van der Waals surface area contributed by atoms with Crippen LogP contribution in [0.4, 0.5) is 10.2 Å². The summed E-state index contributed by atoms with van der Waals surface area (Å²) in [5, 5.41) is 5.16. The summed E-state index contributed by atoms with van der Waals surface area (Å²) in [5.41, 5.74) is 8.60. The molecule has 0 bridgehead atoms. The molecule has 1 heterocycles. The highest BCUT2D eigenvalue weighted by molar-refractivity contribution is 6.30. The van der Waals surface area contributed by atoms with Crippen LogP contribution in [0.2, 0.25) is 5.02 Å². The van der Waals surface area contributed by atoms with Crippen molar-refractivity contribution in [2.75, 3.05) is 5.73 Å². The van der Waals surface area contributed by atoms with Crippen LogP contribution < -0.4 is 5.73 Å². The van der Waals surface area contributed by atoms with Crippen molar-refractivity contribution in [1.29, 1.82) is 0 Å². The summed E-state index contributed by atoms with van der Waals surface area (Å²) in [6.45, 7) is 0.560. The monoisotopic (exact) mass is 301 g/mol. The number of nitrogens with zero attached hydrogens (tertiary/aromatic N) is 2. The summed E-state index contributed by atoms with van der Waals surface area (Å²) < 4.78 is 14.7. The van der Waals surface area contributed by atoms with E-state index in [4.69, 9.17) is 17.3 Å². The largest absolute Gasteiger partial charge is 0.384 e. The van der Waals surface area contributed by atoms with Crippen LogP contribution in [-0.2, 0) is 6.54 Å². The van der Waals surface area contributed by atoms with Gasteiger partial charge in [0.05, 0.1) is 12.2 Å².